The van der Waals surface area contributed by atoms with E-state index < -0.39 is 29.6 Å². The van der Waals surface area contributed by atoms with Gasteiger partial charge in [-0.25, -0.2) is 18.4 Å². The Morgan fingerprint density at radius 3 is 2.13 bits per heavy atom. The summed E-state index contributed by atoms with van der Waals surface area (Å²) in [5.41, 5.74) is 1.56. The average Bonchev–Trinajstić information content (AvgIpc) is 2.73. The summed E-state index contributed by atoms with van der Waals surface area (Å²) in [5.74, 6) is -2.14. The highest BCUT2D eigenvalue weighted by atomic mass is 19.1. The molecule has 2 N–H and O–H groups in total. The molecule has 156 valence electrons. The summed E-state index contributed by atoms with van der Waals surface area (Å²) in [5, 5.41) is 6.01. The van der Waals surface area contributed by atoms with E-state index in [1.807, 2.05) is 0 Å². The molecular weight excluding hydrogens is 394 g/mol. The Kier molecular flexibility index (Phi) is 6.46. The Bertz CT molecular complexity index is 1030. The molecule has 0 saturated heterocycles. The maximum atomic E-state index is 13.6. The molecule has 0 aliphatic heterocycles. The predicted octanol–water partition coefficient (Wildman–Crippen LogP) is 3.79. The molecule has 8 heteroatoms. The van der Waals surface area contributed by atoms with Gasteiger partial charge in [-0.1, -0.05) is 12.1 Å². The molecule has 1 atom stereocenters. The van der Waals surface area contributed by atoms with Crippen LogP contribution in [0, 0.1) is 11.6 Å². The molecule has 0 amide bonds. The molecule has 30 heavy (non-hydrogen) atoms. The number of methoxy groups -OCH3 is 2. The molecule has 3 rings (SSSR count). The average molecular weight is 414 g/mol. The molecule has 0 spiro atoms. The summed E-state index contributed by atoms with van der Waals surface area (Å²) in [7, 11) is 2.48. The lowest BCUT2D eigenvalue weighted by molar-refractivity contribution is -0.138. The minimum Gasteiger partial charge on any atom is -0.466 e. The molecule has 0 bridgehead atoms. The first-order chi connectivity index (χ1) is 14.4. The standard InChI is InChI=1S/C22H20F2N2O4/c1-29-21(27)17-11-20(26-16-8-4-6-14(24)10-16)18(22(28)30-2)12-19(17)25-15-7-3-5-13(23)9-15/h3-11,19,25-26H,12H2,1-2H3. The molecule has 1 aliphatic rings. The van der Waals surface area contributed by atoms with Gasteiger partial charge in [-0.05, 0) is 42.5 Å². The number of hydrogen-bond acceptors (Lipinski definition) is 6. The molecular formula is C22H20F2N2O4. The normalized spacial score (nSPS) is 15.9. The van der Waals surface area contributed by atoms with Crippen molar-refractivity contribution in [2.45, 2.75) is 12.5 Å². The van der Waals surface area contributed by atoms with Crippen LogP contribution in [0.15, 0.2) is 71.5 Å². The van der Waals surface area contributed by atoms with E-state index in [1.165, 1.54) is 56.7 Å². The van der Waals surface area contributed by atoms with Crippen molar-refractivity contribution in [3.05, 3.63) is 83.1 Å². The van der Waals surface area contributed by atoms with Gasteiger partial charge >= 0.3 is 11.9 Å². The fourth-order valence-corrected chi connectivity index (χ4v) is 3.14. The Morgan fingerprint density at radius 1 is 0.933 bits per heavy atom. The van der Waals surface area contributed by atoms with Crippen molar-refractivity contribution < 1.29 is 27.8 Å². The topological polar surface area (TPSA) is 76.7 Å². The first-order valence-corrected chi connectivity index (χ1v) is 9.07. The largest absolute Gasteiger partial charge is 0.466 e. The Balaban J connectivity index is 2.00. The monoisotopic (exact) mass is 414 g/mol. The van der Waals surface area contributed by atoms with E-state index in [0.717, 1.165) is 0 Å². The number of esters is 2. The fraction of sp³-hybridized carbons (Fsp3) is 0.182. The minimum absolute atomic E-state index is 0.0573. The predicted molar refractivity (Wildman–Crippen MR) is 108 cm³/mol. The molecule has 2 aromatic rings. The summed E-state index contributed by atoms with van der Waals surface area (Å²) in [6.45, 7) is 0. The van der Waals surface area contributed by atoms with Crippen LogP contribution < -0.4 is 10.6 Å². The van der Waals surface area contributed by atoms with E-state index in [1.54, 1.807) is 12.1 Å². The van der Waals surface area contributed by atoms with Crippen molar-refractivity contribution in [3.8, 4) is 0 Å². The van der Waals surface area contributed by atoms with Crippen molar-refractivity contribution in [2.75, 3.05) is 24.9 Å². The van der Waals surface area contributed by atoms with Gasteiger partial charge in [0.2, 0.25) is 0 Å². The van der Waals surface area contributed by atoms with Gasteiger partial charge in [-0.2, -0.15) is 0 Å². The van der Waals surface area contributed by atoms with Gasteiger partial charge in [0.05, 0.1) is 31.4 Å². The lowest BCUT2D eigenvalue weighted by Crippen LogP contribution is -2.33. The van der Waals surface area contributed by atoms with Gasteiger partial charge in [0.15, 0.2) is 0 Å². The number of carbonyl (C=O) groups excluding carboxylic acids is 2. The Morgan fingerprint density at radius 2 is 1.53 bits per heavy atom. The van der Waals surface area contributed by atoms with E-state index in [-0.39, 0.29) is 23.3 Å². The van der Waals surface area contributed by atoms with Crippen molar-refractivity contribution in [2.24, 2.45) is 0 Å². The quantitative estimate of drug-likeness (QED) is 0.701. The second-order valence-corrected chi connectivity index (χ2v) is 6.52. The van der Waals surface area contributed by atoms with Gasteiger partial charge in [-0.3, -0.25) is 0 Å². The number of nitrogens with one attached hydrogen (secondary N) is 2. The molecule has 0 fully saturated rings. The van der Waals surface area contributed by atoms with Crippen LogP contribution in [0.4, 0.5) is 20.2 Å². The van der Waals surface area contributed by atoms with Gasteiger partial charge in [0.25, 0.3) is 0 Å². The number of benzene rings is 2. The van der Waals surface area contributed by atoms with Crippen LogP contribution in [0.25, 0.3) is 0 Å². The highest BCUT2D eigenvalue weighted by Crippen LogP contribution is 2.30. The van der Waals surface area contributed by atoms with Crippen LogP contribution in [-0.4, -0.2) is 32.2 Å². The van der Waals surface area contributed by atoms with Gasteiger partial charge in [-0.15, -0.1) is 0 Å². The van der Waals surface area contributed by atoms with E-state index in [9.17, 15) is 18.4 Å². The molecule has 0 radical (unpaired) electrons. The zero-order chi connectivity index (χ0) is 21.7. The van der Waals surface area contributed by atoms with Crippen LogP contribution in [0.3, 0.4) is 0 Å². The second kappa shape index (κ2) is 9.21. The van der Waals surface area contributed by atoms with Crippen LogP contribution in [0.5, 0.6) is 0 Å². The highest BCUT2D eigenvalue weighted by Gasteiger charge is 2.32. The van der Waals surface area contributed by atoms with Crippen molar-refractivity contribution >= 4 is 23.3 Å². The third kappa shape index (κ3) is 4.83. The Hall–Kier alpha value is -3.68. The fourth-order valence-electron chi connectivity index (χ4n) is 3.14. The van der Waals surface area contributed by atoms with Crippen molar-refractivity contribution in [3.63, 3.8) is 0 Å². The molecule has 6 nitrogen and oxygen atoms in total. The summed E-state index contributed by atoms with van der Waals surface area (Å²) < 4.78 is 36.9. The SMILES string of the molecule is COC(=O)C1=CC(Nc2cccc(F)c2)=C(C(=O)OC)CC1Nc1cccc(F)c1. The van der Waals surface area contributed by atoms with Gasteiger partial charge in [0.1, 0.15) is 11.6 Å². The lowest BCUT2D eigenvalue weighted by atomic mass is 9.90. The first kappa shape index (κ1) is 21.0. The first-order valence-electron chi connectivity index (χ1n) is 9.07. The summed E-state index contributed by atoms with van der Waals surface area (Å²) in [6, 6.07) is 10.7. The van der Waals surface area contributed by atoms with Crippen LogP contribution in [0.2, 0.25) is 0 Å². The molecule has 0 heterocycles. The number of ether oxygens (including phenoxy) is 2. The van der Waals surface area contributed by atoms with E-state index in [2.05, 4.69) is 10.6 Å². The second-order valence-electron chi connectivity index (χ2n) is 6.52. The smallest absolute Gasteiger partial charge is 0.335 e. The zero-order valence-electron chi connectivity index (χ0n) is 16.4. The molecule has 0 aromatic heterocycles. The van der Waals surface area contributed by atoms with Crippen molar-refractivity contribution in [1.29, 1.82) is 0 Å². The van der Waals surface area contributed by atoms with E-state index in [0.29, 0.717) is 11.4 Å². The molecule has 0 saturated carbocycles. The maximum Gasteiger partial charge on any atom is 0.335 e. The number of rotatable bonds is 6. The lowest BCUT2D eigenvalue weighted by Gasteiger charge is -2.28. The number of hydrogen-bond donors (Lipinski definition) is 2. The summed E-state index contributed by atoms with van der Waals surface area (Å²) >= 11 is 0. The van der Waals surface area contributed by atoms with Crippen molar-refractivity contribution in [1.82, 2.24) is 0 Å². The number of carbonyl (C=O) groups is 2. The molecule has 2 aromatic carbocycles. The molecule has 1 unspecified atom stereocenters. The summed E-state index contributed by atoms with van der Waals surface area (Å²) in [6.07, 6.45) is 1.51. The van der Waals surface area contributed by atoms with Crippen LogP contribution >= 0.6 is 0 Å². The number of anilines is 2. The third-order valence-corrected chi connectivity index (χ3v) is 4.53. The van der Waals surface area contributed by atoms with Crippen LogP contribution in [-0.2, 0) is 19.1 Å². The maximum absolute atomic E-state index is 13.6. The third-order valence-electron chi connectivity index (χ3n) is 4.53. The van der Waals surface area contributed by atoms with Crippen LogP contribution in [0.1, 0.15) is 6.42 Å². The van der Waals surface area contributed by atoms with E-state index in [4.69, 9.17) is 9.47 Å². The molecule has 1 aliphatic carbocycles. The Labute approximate surface area is 172 Å². The summed E-state index contributed by atoms with van der Waals surface area (Å²) in [4.78, 5) is 24.8. The van der Waals surface area contributed by atoms with E-state index >= 15 is 0 Å². The minimum atomic E-state index is -0.675. The zero-order valence-corrected chi connectivity index (χ0v) is 16.4. The highest BCUT2D eigenvalue weighted by molar-refractivity contribution is 5.97. The number of halogens is 2. The van der Waals surface area contributed by atoms with Gasteiger partial charge in [0, 0.05) is 23.5 Å². The number of allylic oxidation sites excluding steroid dienone is 1. The van der Waals surface area contributed by atoms with Gasteiger partial charge < -0.3 is 20.1 Å².